The number of rotatable bonds is 7. The number of hydrogen-bond acceptors (Lipinski definition) is 3. The molecule has 0 radical (unpaired) electrons. The second-order valence-corrected chi connectivity index (χ2v) is 5.96. The van der Waals surface area contributed by atoms with Crippen molar-refractivity contribution >= 4 is 5.91 Å². The number of benzene rings is 1. The van der Waals surface area contributed by atoms with E-state index in [0.29, 0.717) is 6.54 Å². The minimum absolute atomic E-state index is 0.381. The summed E-state index contributed by atoms with van der Waals surface area (Å²) in [6, 6.07) is 1.71. The first-order valence-electron chi connectivity index (χ1n) is 8.39. The molecule has 1 aliphatic heterocycles. The highest BCUT2D eigenvalue weighted by atomic mass is 19.2. The number of likely N-dealkylation sites (N-methyl/N-ethyl adjacent to an activating group) is 1. The third-order valence-corrected chi connectivity index (χ3v) is 4.38. The van der Waals surface area contributed by atoms with Crippen LogP contribution >= 0.6 is 0 Å². The molecule has 0 aromatic heterocycles. The molecule has 4 nitrogen and oxygen atoms in total. The maximum absolute atomic E-state index is 13.5. The van der Waals surface area contributed by atoms with Crippen molar-refractivity contribution in [3.63, 3.8) is 0 Å². The molecule has 0 aliphatic carbocycles. The van der Waals surface area contributed by atoms with Crippen molar-refractivity contribution in [1.29, 1.82) is 0 Å². The second-order valence-electron chi connectivity index (χ2n) is 5.96. The zero-order valence-corrected chi connectivity index (χ0v) is 14.0. The Labute approximate surface area is 140 Å². The van der Waals surface area contributed by atoms with Crippen molar-refractivity contribution in [2.75, 3.05) is 45.8 Å². The first-order chi connectivity index (χ1) is 11.5. The Bertz CT molecular complexity index is 560. The number of carbonyl (C=O) groups is 1. The lowest BCUT2D eigenvalue weighted by Crippen LogP contribution is -2.46. The minimum Gasteiger partial charge on any atom is -0.352 e. The lowest BCUT2D eigenvalue weighted by Gasteiger charge is -2.33. The Morgan fingerprint density at radius 1 is 1.04 bits per heavy atom. The first-order valence-corrected chi connectivity index (χ1v) is 8.39. The minimum atomic E-state index is -1.62. The van der Waals surface area contributed by atoms with Crippen LogP contribution in [0.15, 0.2) is 12.1 Å². The van der Waals surface area contributed by atoms with Gasteiger partial charge in [0, 0.05) is 32.7 Å². The van der Waals surface area contributed by atoms with E-state index in [4.69, 9.17) is 0 Å². The van der Waals surface area contributed by atoms with Crippen molar-refractivity contribution < 1.29 is 18.0 Å². The molecule has 0 saturated carbocycles. The van der Waals surface area contributed by atoms with Crippen LogP contribution in [0, 0.1) is 17.5 Å². The van der Waals surface area contributed by atoms with Crippen molar-refractivity contribution in [2.24, 2.45) is 0 Å². The van der Waals surface area contributed by atoms with E-state index in [9.17, 15) is 18.0 Å². The predicted octanol–water partition coefficient (Wildman–Crippen LogP) is 2.25. The summed E-state index contributed by atoms with van der Waals surface area (Å²) < 4.78 is 39.5. The fraction of sp³-hybridized carbons (Fsp3) is 0.588. The molecular formula is C17H24F3N3O. The third kappa shape index (κ3) is 4.95. The van der Waals surface area contributed by atoms with Gasteiger partial charge < -0.3 is 15.1 Å². The summed E-state index contributed by atoms with van der Waals surface area (Å²) in [6.07, 6.45) is 1.68. The van der Waals surface area contributed by atoms with Gasteiger partial charge in [-0.25, -0.2) is 13.2 Å². The van der Waals surface area contributed by atoms with E-state index in [2.05, 4.69) is 22.0 Å². The summed E-state index contributed by atoms with van der Waals surface area (Å²) in [4.78, 5) is 16.6. The molecule has 1 saturated heterocycles. The summed E-state index contributed by atoms with van der Waals surface area (Å²) >= 11 is 0. The normalized spacial score (nSPS) is 16.3. The monoisotopic (exact) mass is 343 g/mol. The maximum Gasteiger partial charge on any atom is 0.254 e. The number of nitrogens with one attached hydrogen (secondary N) is 1. The lowest BCUT2D eigenvalue weighted by atomic mass is 10.2. The topological polar surface area (TPSA) is 35.6 Å². The third-order valence-electron chi connectivity index (χ3n) is 4.38. The standard InChI is InChI=1S/C17H24F3N3O/c1-2-22-9-11-23(12-10-22)8-4-3-7-21-17(24)13-5-6-14(18)16(20)15(13)19/h5-6H,2-4,7-12H2,1H3,(H,21,24). The number of piperazine rings is 1. The van der Waals surface area contributed by atoms with E-state index >= 15 is 0 Å². The van der Waals surface area contributed by atoms with Gasteiger partial charge in [0.2, 0.25) is 0 Å². The van der Waals surface area contributed by atoms with Crippen LogP contribution in [0.2, 0.25) is 0 Å². The molecule has 1 heterocycles. The molecule has 1 N–H and O–H groups in total. The van der Waals surface area contributed by atoms with Gasteiger partial charge in [0.25, 0.3) is 5.91 Å². The number of halogens is 3. The molecule has 0 atom stereocenters. The molecular weight excluding hydrogens is 319 g/mol. The maximum atomic E-state index is 13.5. The van der Waals surface area contributed by atoms with E-state index in [-0.39, 0.29) is 0 Å². The summed E-state index contributed by atoms with van der Waals surface area (Å²) in [5, 5.41) is 2.55. The number of unbranched alkanes of at least 4 members (excludes halogenated alkanes) is 1. The average molecular weight is 343 g/mol. The van der Waals surface area contributed by atoms with Gasteiger partial charge in [0.05, 0.1) is 5.56 Å². The van der Waals surface area contributed by atoms with Crippen LogP contribution in [-0.4, -0.2) is 61.5 Å². The van der Waals surface area contributed by atoms with Crippen molar-refractivity contribution in [1.82, 2.24) is 15.1 Å². The van der Waals surface area contributed by atoms with Gasteiger partial charge in [0.1, 0.15) is 0 Å². The van der Waals surface area contributed by atoms with Crippen LogP contribution in [0.3, 0.4) is 0 Å². The molecule has 1 amide bonds. The Kier molecular flexibility index (Phi) is 7.05. The molecule has 1 aromatic rings. The van der Waals surface area contributed by atoms with E-state index in [1.165, 1.54) is 0 Å². The Hall–Kier alpha value is -1.60. The van der Waals surface area contributed by atoms with E-state index in [1.807, 2.05) is 0 Å². The molecule has 1 aromatic carbocycles. The fourth-order valence-electron chi connectivity index (χ4n) is 2.79. The SMILES string of the molecule is CCN1CCN(CCCCNC(=O)c2ccc(F)c(F)c2F)CC1. The van der Waals surface area contributed by atoms with Crippen LogP contribution in [-0.2, 0) is 0 Å². The van der Waals surface area contributed by atoms with Crippen molar-refractivity contribution in [3.8, 4) is 0 Å². The Morgan fingerprint density at radius 2 is 1.71 bits per heavy atom. The molecule has 0 spiro atoms. The molecule has 0 unspecified atom stereocenters. The summed E-state index contributed by atoms with van der Waals surface area (Å²) in [6.45, 7) is 8.87. The summed E-state index contributed by atoms with van der Waals surface area (Å²) in [5.41, 5.74) is -0.468. The summed E-state index contributed by atoms with van der Waals surface area (Å²) in [7, 11) is 0. The highest BCUT2D eigenvalue weighted by Crippen LogP contribution is 2.15. The van der Waals surface area contributed by atoms with Crippen molar-refractivity contribution in [3.05, 3.63) is 35.1 Å². The fourth-order valence-corrected chi connectivity index (χ4v) is 2.79. The van der Waals surface area contributed by atoms with Crippen LogP contribution < -0.4 is 5.32 Å². The zero-order valence-electron chi connectivity index (χ0n) is 14.0. The van der Waals surface area contributed by atoms with Crippen LogP contribution in [0.5, 0.6) is 0 Å². The smallest absolute Gasteiger partial charge is 0.254 e. The Balaban J connectivity index is 1.66. The van der Waals surface area contributed by atoms with Gasteiger partial charge in [-0.1, -0.05) is 6.92 Å². The van der Waals surface area contributed by atoms with Crippen LogP contribution in [0.25, 0.3) is 0 Å². The molecule has 0 bridgehead atoms. The molecule has 24 heavy (non-hydrogen) atoms. The van der Waals surface area contributed by atoms with E-state index in [0.717, 1.165) is 64.2 Å². The molecule has 7 heteroatoms. The summed E-state index contributed by atoms with van der Waals surface area (Å²) in [5.74, 6) is -5.08. The lowest BCUT2D eigenvalue weighted by molar-refractivity contribution is 0.0946. The highest BCUT2D eigenvalue weighted by Gasteiger charge is 2.18. The van der Waals surface area contributed by atoms with Gasteiger partial charge in [-0.2, -0.15) is 0 Å². The van der Waals surface area contributed by atoms with E-state index in [1.54, 1.807) is 0 Å². The van der Waals surface area contributed by atoms with Gasteiger partial charge >= 0.3 is 0 Å². The van der Waals surface area contributed by atoms with Gasteiger partial charge in [-0.3, -0.25) is 4.79 Å². The van der Waals surface area contributed by atoms with E-state index < -0.39 is 28.9 Å². The van der Waals surface area contributed by atoms with Gasteiger partial charge in [0.15, 0.2) is 17.5 Å². The average Bonchev–Trinajstić information content (AvgIpc) is 2.60. The molecule has 1 aliphatic rings. The zero-order chi connectivity index (χ0) is 17.5. The second kappa shape index (κ2) is 9.03. The first kappa shape index (κ1) is 18.7. The number of carbonyl (C=O) groups excluding carboxylic acids is 1. The van der Waals surface area contributed by atoms with Crippen LogP contribution in [0.1, 0.15) is 30.1 Å². The largest absolute Gasteiger partial charge is 0.352 e. The van der Waals surface area contributed by atoms with Gasteiger partial charge in [-0.15, -0.1) is 0 Å². The number of amides is 1. The number of hydrogen-bond donors (Lipinski definition) is 1. The molecule has 1 fully saturated rings. The van der Waals surface area contributed by atoms with Crippen LogP contribution in [0.4, 0.5) is 13.2 Å². The van der Waals surface area contributed by atoms with Gasteiger partial charge in [-0.05, 0) is 38.1 Å². The highest BCUT2D eigenvalue weighted by molar-refractivity contribution is 5.94. The molecule has 2 rings (SSSR count). The van der Waals surface area contributed by atoms with Crippen molar-refractivity contribution in [2.45, 2.75) is 19.8 Å². The quantitative estimate of drug-likeness (QED) is 0.609. The number of nitrogens with zero attached hydrogens (tertiary/aromatic N) is 2. The Morgan fingerprint density at radius 3 is 2.38 bits per heavy atom. The predicted molar refractivity (Wildman–Crippen MR) is 86.4 cm³/mol. The molecule has 134 valence electrons.